The summed E-state index contributed by atoms with van der Waals surface area (Å²) in [5.41, 5.74) is -3.43. The molecule has 4 aliphatic heterocycles. The number of aliphatic hydroxyl groups excluding tert-OH is 1. The number of rotatable bonds is 24. The number of hydrogen-bond acceptors (Lipinski definition) is 26. The molecule has 0 aliphatic carbocycles. The highest BCUT2D eigenvalue weighted by Crippen LogP contribution is 2.66. The quantitative estimate of drug-likeness (QED) is 0.0437. The van der Waals surface area contributed by atoms with Crippen LogP contribution in [0.2, 0.25) is 5.02 Å². The number of hydrogen-bond donors (Lipinski definition) is 5. The van der Waals surface area contributed by atoms with E-state index in [0.29, 0.717) is 39.5 Å². The first-order chi connectivity index (χ1) is 44.9. The van der Waals surface area contributed by atoms with Gasteiger partial charge in [0.15, 0.2) is 0 Å². The summed E-state index contributed by atoms with van der Waals surface area (Å²) in [5.74, 6) is -1.58. The van der Waals surface area contributed by atoms with E-state index < -0.39 is 159 Å². The zero-order chi connectivity index (χ0) is 69.7. The van der Waals surface area contributed by atoms with Crippen LogP contribution >= 0.6 is 38.0 Å². The van der Waals surface area contributed by atoms with Crippen molar-refractivity contribution in [1.82, 2.24) is 38.2 Å². The molecule has 0 amide bonds. The average molecular weight is 1410 g/mol. The van der Waals surface area contributed by atoms with Gasteiger partial charge in [0.2, 0.25) is 0 Å². The largest absolute Gasteiger partial charge is 0.566 e. The third-order valence-electron chi connectivity index (χ3n) is 15.4. The molecule has 0 bridgehead atoms. The number of nitrogens with zero attached hydrogens (tertiary/aromatic N) is 4. The molecule has 5 aromatic rings. The molecule has 95 heavy (non-hydrogen) atoms. The van der Waals surface area contributed by atoms with Crippen molar-refractivity contribution >= 4 is 61.5 Å². The smallest absolute Gasteiger partial charge is 0.488 e. The molecule has 9 rings (SSSR count). The lowest BCUT2D eigenvalue weighted by Gasteiger charge is -2.26. The Labute approximate surface area is 548 Å². The number of halogens is 1. The maximum absolute atomic E-state index is 14.7. The number of nitrogens with one attached hydrogen (secondary N) is 4. The Hall–Kier alpha value is -7.17. The number of ether oxygens (including phenoxy) is 6. The zero-order valence-electron chi connectivity index (χ0n) is 52.7. The minimum absolute atomic E-state index is 0.0237. The topological polar surface area (TPSA) is 448 Å². The molecule has 518 valence electrons. The van der Waals surface area contributed by atoms with Crippen LogP contribution in [0.4, 0.5) is 0 Å². The number of esters is 2. The van der Waals surface area contributed by atoms with Gasteiger partial charge in [-0.2, -0.15) is 0 Å². The van der Waals surface area contributed by atoms with Crippen LogP contribution in [0.3, 0.4) is 0 Å². The van der Waals surface area contributed by atoms with Gasteiger partial charge in [0, 0.05) is 95.5 Å². The normalized spacial score (nSPS) is 24.6. The van der Waals surface area contributed by atoms with Crippen LogP contribution in [0.5, 0.6) is 0 Å². The molecule has 6 unspecified atom stereocenters. The average Bonchev–Trinajstić information content (AvgIpc) is 1.65. The summed E-state index contributed by atoms with van der Waals surface area (Å²) in [4.78, 5) is 163. The first-order valence-electron chi connectivity index (χ1n) is 30.0. The molecule has 4 saturated heterocycles. The highest BCUT2D eigenvalue weighted by Gasteiger charge is 2.46. The van der Waals surface area contributed by atoms with Crippen molar-refractivity contribution in [1.29, 1.82) is 0 Å². The zero-order valence-corrected chi connectivity index (χ0v) is 56.1. The Morgan fingerprint density at radius 3 is 1.29 bits per heavy atom. The number of aliphatic hydroxyl groups is 1. The molecular weight excluding hydrogens is 1340 g/mol. The number of ketones is 2. The van der Waals surface area contributed by atoms with Crippen LogP contribution < -0.4 is 49.9 Å². The predicted molar refractivity (Wildman–Crippen MR) is 334 cm³/mol. The van der Waals surface area contributed by atoms with E-state index in [9.17, 15) is 76.7 Å². The van der Waals surface area contributed by atoms with E-state index >= 15 is 0 Å². The lowest BCUT2D eigenvalue weighted by molar-refractivity contribution is -0.191. The summed E-state index contributed by atoms with van der Waals surface area (Å²) >= 11 is 6.88. The monoisotopic (exact) mass is 1410 g/mol. The molecule has 1 aromatic carbocycles. The van der Waals surface area contributed by atoms with Gasteiger partial charge in [0.1, 0.15) is 67.0 Å². The number of aromatic amines is 4. The van der Waals surface area contributed by atoms with Gasteiger partial charge < -0.3 is 48.0 Å². The van der Waals surface area contributed by atoms with Gasteiger partial charge in [-0.1, -0.05) is 25.4 Å². The number of carbonyl (C=O) groups is 4. The molecular formula is C58H73ClN8O25P2S. The van der Waals surface area contributed by atoms with Crippen molar-refractivity contribution in [3.63, 3.8) is 0 Å². The van der Waals surface area contributed by atoms with Gasteiger partial charge in [-0.05, 0) is 94.6 Å². The minimum atomic E-state index is -4.19. The number of carbonyl (C=O) groups excluding carboxylic acids is 4. The van der Waals surface area contributed by atoms with Crippen molar-refractivity contribution in [3.05, 3.63) is 160 Å². The number of Topliss-reactive ketones (excluding diaryl/α,β-unsaturated/α-hetero) is 2. The Morgan fingerprint density at radius 1 is 0.579 bits per heavy atom. The first-order valence-corrected chi connectivity index (χ1v) is 34.4. The number of H-pyrrole nitrogens is 4. The summed E-state index contributed by atoms with van der Waals surface area (Å²) in [7, 11) is -2.98. The molecule has 0 saturated carbocycles. The van der Waals surface area contributed by atoms with Crippen LogP contribution in [0.15, 0.2) is 92.3 Å². The second-order valence-electron chi connectivity index (χ2n) is 22.6. The van der Waals surface area contributed by atoms with E-state index in [1.165, 1.54) is 59.3 Å². The third-order valence-corrected chi connectivity index (χ3v) is 19.6. The maximum atomic E-state index is 14.7. The van der Waals surface area contributed by atoms with Crippen molar-refractivity contribution in [2.24, 2.45) is 0 Å². The SMILES string of the molecule is CC(=O)CCC(=O)OC1C[C@H](n2cc(C)c(=O)[nH]c2=O)O[C@@H]1CO.CC[C@H]1O[C@@H](n2cc(C)c(=O)[nH]c2=O)CC1OP(=O)(OC[C@H]1O[C@@H](n2cc(C)c(=O)[nH]c2=O)CC1OC(=O)CCC(C)=O)Sc1ccc(Cl)cc1.CC[C@H]1O[C@@H](n2cc(C)c(=O)[nH]c2=O)CC1O[P+](=O)[O-]. The lowest BCUT2D eigenvalue weighted by Crippen LogP contribution is -2.33. The highest BCUT2D eigenvalue weighted by atomic mass is 35.5. The second kappa shape index (κ2) is 33.7. The van der Waals surface area contributed by atoms with Gasteiger partial charge >= 0.3 is 49.8 Å². The number of aromatic nitrogens is 8. The predicted octanol–water partition coefficient (Wildman–Crippen LogP) is 3.28. The summed E-state index contributed by atoms with van der Waals surface area (Å²) in [6, 6.07) is 6.47. The maximum Gasteiger partial charge on any atom is 0.488 e. The fraction of sp³-hybridized carbons (Fsp3) is 0.552. The van der Waals surface area contributed by atoms with Crippen LogP contribution in [0.1, 0.15) is 139 Å². The number of benzene rings is 1. The van der Waals surface area contributed by atoms with Crippen molar-refractivity contribution in [2.75, 3.05) is 13.2 Å². The molecule has 4 aromatic heterocycles. The summed E-state index contributed by atoms with van der Waals surface area (Å²) in [6.07, 6.45) is -2.60. The fourth-order valence-electron chi connectivity index (χ4n) is 10.3. The van der Waals surface area contributed by atoms with Crippen molar-refractivity contribution in [2.45, 2.75) is 198 Å². The van der Waals surface area contributed by atoms with E-state index in [-0.39, 0.29) is 68.5 Å². The Balaban J connectivity index is 0.000000238. The third kappa shape index (κ3) is 20.4. The van der Waals surface area contributed by atoms with Crippen molar-refractivity contribution < 1.29 is 80.3 Å². The first kappa shape index (κ1) is 75.2. The summed E-state index contributed by atoms with van der Waals surface area (Å²) < 4.78 is 81.6. The van der Waals surface area contributed by atoms with Gasteiger partial charge in [0.05, 0.1) is 44.4 Å². The molecule has 0 spiro atoms. The molecule has 33 nitrogen and oxygen atoms in total. The molecule has 5 N–H and O–H groups in total. The second-order valence-corrected chi connectivity index (χ2v) is 27.6. The van der Waals surface area contributed by atoms with Crippen LogP contribution in [0, 0.1) is 27.7 Å². The summed E-state index contributed by atoms with van der Waals surface area (Å²) in [5, 5.41) is 9.83. The van der Waals surface area contributed by atoms with Crippen LogP contribution in [0.25, 0.3) is 0 Å². The van der Waals surface area contributed by atoms with E-state index in [1.54, 1.807) is 45.0 Å². The Bertz CT molecular complexity index is 4170. The Morgan fingerprint density at radius 2 is 0.926 bits per heavy atom. The standard InChI is InChI=1S/C32H38ClN4O12PS.C15H20N2O7.C11H15N2O6P/c1-5-22-24(13-27(46-22)37-15-18(3)30(41)35-32(37)43)49-50(44,51-21-9-7-20(33)8-10-21)45-16-25-23(48-28(39)11-6-19(4)38)12-26(47-25)36-14-17(2)29(40)34-31(36)42;1-8-6-17(15(22)16-14(8)21)12-5-10(11(7-18)23-12)24-13(20)4-3-9(2)19;1-3-7-8(19-20(16)17)4-9(18-7)13-5-6(2)10(14)12-11(13)15/h7-10,14-15,22-27H,5-6,11-13,16H2,1-4H3,(H,34,40,42)(H,35,41,43);6,10-12,18H,3-5,7H2,1-2H3,(H,16,21,22);5,7-9H,3-4H2,1-2H3,(H,12,14,15)/t22-,23?,24?,25-,26-,27-,50?;10?,11-,12-;7-,8?,9-/m111/s1. The number of aryl methyl sites for hydroxylation is 4. The van der Waals surface area contributed by atoms with Gasteiger partial charge in [-0.3, -0.25) is 76.0 Å². The minimum Gasteiger partial charge on any atom is -0.566 e. The van der Waals surface area contributed by atoms with Gasteiger partial charge in [-0.15, -0.1) is 4.52 Å². The molecule has 0 radical (unpaired) electrons. The highest BCUT2D eigenvalue weighted by molar-refractivity contribution is 8.55. The van der Waals surface area contributed by atoms with E-state index in [2.05, 4.69) is 19.9 Å². The van der Waals surface area contributed by atoms with E-state index in [1.807, 2.05) is 13.8 Å². The molecule has 4 fully saturated rings. The molecule has 8 heterocycles. The fourth-order valence-corrected chi connectivity index (χ4v) is 14.4. The Kier molecular flexibility index (Phi) is 26.7. The molecule has 37 heteroatoms. The van der Waals surface area contributed by atoms with E-state index in [4.69, 9.17) is 53.6 Å². The molecule has 14 atom stereocenters. The lowest BCUT2D eigenvalue weighted by atomic mass is 10.1. The van der Waals surface area contributed by atoms with Gasteiger partial charge in [0.25, 0.3) is 22.2 Å². The van der Waals surface area contributed by atoms with E-state index in [0.717, 1.165) is 15.9 Å². The van der Waals surface area contributed by atoms with Crippen LogP contribution in [-0.2, 0) is 70.3 Å². The van der Waals surface area contributed by atoms with Crippen LogP contribution in [-0.4, -0.2) is 129 Å². The van der Waals surface area contributed by atoms with Crippen molar-refractivity contribution in [3.8, 4) is 0 Å². The van der Waals surface area contributed by atoms with Gasteiger partial charge in [-0.25, -0.2) is 23.7 Å². The molecule has 4 aliphatic rings. The summed E-state index contributed by atoms with van der Waals surface area (Å²) in [6.45, 7) is 7.57.